The van der Waals surface area contributed by atoms with E-state index in [0.717, 1.165) is 13.6 Å². The van der Waals surface area contributed by atoms with Crippen LogP contribution in [0.2, 0.25) is 0 Å². The van der Waals surface area contributed by atoms with Crippen molar-refractivity contribution in [1.29, 1.82) is 5.26 Å². The number of aromatic nitrogens is 1. The van der Waals surface area contributed by atoms with Crippen molar-refractivity contribution in [3.8, 4) is 11.8 Å². The summed E-state index contributed by atoms with van der Waals surface area (Å²) in [5, 5.41) is 9.12. The number of esters is 1. The molecule has 2 heterocycles. The summed E-state index contributed by atoms with van der Waals surface area (Å²) in [7, 11) is 0. The molecule has 0 radical (unpaired) electrons. The molecule has 0 unspecified atom stereocenters. The van der Waals surface area contributed by atoms with Crippen LogP contribution in [0.25, 0.3) is 11.8 Å². The van der Waals surface area contributed by atoms with Crippen molar-refractivity contribution in [1.82, 2.24) is 4.57 Å². The number of nitriles is 1. The standard InChI is InChI=1S/C36H24BrFIN3O4S/c1-2-45-35(44)30-31(23-6-4-3-5-7-23)41-36-42(32(30)24-12-14-27(38)15-13-24)34(43)29(47-36)17-25-16-26(37)18-28(39)33(25)46-20-22-10-8-21(19-40)9-11-22/h3-18,32H,2,20H2,1H3/b29-17-/t32-/m0/s1. The van der Waals surface area contributed by atoms with Gasteiger partial charge in [-0.25, -0.2) is 14.2 Å². The Morgan fingerprint density at radius 3 is 2.51 bits per heavy atom. The van der Waals surface area contributed by atoms with Gasteiger partial charge in [-0.05, 0) is 83.1 Å². The lowest BCUT2D eigenvalue weighted by Crippen LogP contribution is -2.40. The summed E-state index contributed by atoms with van der Waals surface area (Å²) in [6, 6.07) is 27.1. The SMILES string of the molecule is CCOC(=O)C1=C(c2ccccc2)N=c2s/c(=C\c3cc(Br)cc(I)c3OCc3ccc(C#N)cc3)c(=O)n2[C@H]1c1ccc(F)cc1. The highest BCUT2D eigenvalue weighted by molar-refractivity contribution is 14.1. The number of halogens is 3. The van der Waals surface area contributed by atoms with Gasteiger partial charge in [0.05, 0.1) is 43.7 Å². The molecule has 0 saturated carbocycles. The molecule has 6 rings (SSSR count). The molecule has 0 saturated heterocycles. The predicted octanol–water partition coefficient (Wildman–Crippen LogP) is 6.89. The first-order chi connectivity index (χ1) is 22.8. The lowest BCUT2D eigenvalue weighted by Gasteiger charge is -2.25. The normalized spacial score (nSPS) is 14.3. The van der Waals surface area contributed by atoms with E-state index in [1.54, 1.807) is 37.3 Å². The second-order valence-electron chi connectivity index (χ2n) is 10.4. The van der Waals surface area contributed by atoms with Crippen LogP contribution in [0, 0.1) is 20.7 Å². The minimum absolute atomic E-state index is 0.123. The zero-order valence-electron chi connectivity index (χ0n) is 24.7. The molecule has 0 aliphatic carbocycles. The molecule has 5 aromatic rings. The minimum atomic E-state index is -0.919. The zero-order valence-corrected chi connectivity index (χ0v) is 29.3. The smallest absolute Gasteiger partial charge is 0.338 e. The molecule has 1 aliphatic rings. The van der Waals surface area contributed by atoms with Crippen molar-refractivity contribution in [2.75, 3.05) is 6.61 Å². The Morgan fingerprint density at radius 2 is 1.83 bits per heavy atom. The van der Waals surface area contributed by atoms with E-state index in [1.165, 1.54) is 28.0 Å². The maximum atomic E-state index is 14.3. The molecule has 4 aromatic carbocycles. The highest BCUT2D eigenvalue weighted by atomic mass is 127. The van der Waals surface area contributed by atoms with Gasteiger partial charge in [-0.2, -0.15) is 5.26 Å². The highest BCUT2D eigenvalue weighted by Gasteiger charge is 2.35. The second-order valence-corrected chi connectivity index (χ2v) is 13.5. The van der Waals surface area contributed by atoms with Gasteiger partial charge in [0.1, 0.15) is 18.2 Å². The van der Waals surface area contributed by atoms with Crippen molar-refractivity contribution in [3.63, 3.8) is 0 Å². The molecule has 7 nitrogen and oxygen atoms in total. The molecule has 0 amide bonds. The van der Waals surface area contributed by atoms with Crippen LogP contribution in [0.3, 0.4) is 0 Å². The Bertz CT molecular complexity index is 2240. The predicted molar refractivity (Wildman–Crippen MR) is 190 cm³/mol. The Balaban J connectivity index is 1.54. The number of carbonyl (C=O) groups is 1. The van der Waals surface area contributed by atoms with Crippen LogP contribution in [-0.2, 0) is 16.1 Å². The largest absolute Gasteiger partial charge is 0.487 e. The fourth-order valence-electron chi connectivity index (χ4n) is 5.21. The first-order valence-corrected chi connectivity index (χ1v) is 17.1. The molecule has 1 atom stereocenters. The van der Waals surface area contributed by atoms with Crippen LogP contribution in [0.15, 0.2) is 111 Å². The summed E-state index contributed by atoms with van der Waals surface area (Å²) in [5.41, 5.74) is 3.52. The summed E-state index contributed by atoms with van der Waals surface area (Å²) in [6.45, 7) is 2.08. The Morgan fingerprint density at radius 1 is 1.11 bits per heavy atom. The van der Waals surface area contributed by atoms with Gasteiger partial charge in [-0.15, -0.1) is 0 Å². The lowest BCUT2D eigenvalue weighted by molar-refractivity contribution is -0.138. The number of ether oxygens (including phenoxy) is 2. The average molecular weight is 820 g/mol. The number of carbonyl (C=O) groups excluding carboxylic acids is 1. The van der Waals surface area contributed by atoms with Crippen molar-refractivity contribution in [2.45, 2.75) is 19.6 Å². The average Bonchev–Trinajstić information content (AvgIpc) is 3.38. The monoisotopic (exact) mass is 819 g/mol. The van der Waals surface area contributed by atoms with Crippen molar-refractivity contribution >= 4 is 67.6 Å². The Hall–Kier alpha value is -4.38. The van der Waals surface area contributed by atoms with Gasteiger partial charge in [0.25, 0.3) is 5.56 Å². The molecule has 11 heteroatoms. The maximum Gasteiger partial charge on any atom is 0.338 e. The molecule has 0 N–H and O–H groups in total. The molecule has 0 bridgehead atoms. The van der Waals surface area contributed by atoms with E-state index < -0.39 is 17.8 Å². The molecular formula is C36H24BrFIN3O4S. The fourth-order valence-corrected chi connectivity index (χ4v) is 7.91. The van der Waals surface area contributed by atoms with Crippen LogP contribution in [0.1, 0.15) is 40.8 Å². The van der Waals surface area contributed by atoms with E-state index in [1.807, 2.05) is 54.6 Å². The number of thiazole rings is 1. The van der Waals surface area contributed by atoms with Gasteiger partial charge < -0.3 is 9.47 Å². The number of hydrogen-bond donors (Lipinski definition) is 0. The number of benzene rings is 4. The second kappa shape index (κ2) is 14.2. The maximum absolute atomic E-state index is 14.3. The summed E-state index contributed by atoms with van der Waals surface area (Å²) in [6.07, 6.45) is 1.75. The van der Waals surface area contributed by atoms with Gasteiger partial charge in [-0.3, -0.25) is 9.36 Å². The summed E-state index contributed by atoms with van der Waals surface area (Å²) < 4.78 is 29.3. The van der Waals surface area contributed by atoms with Crippen LogP contribution in [0.4, 0.5) is 4.39 Å². The third kappa shape index (κ3) is 6.86. The number of nitrogens with zero attached hydrogens (tertiary/aromatic N) is 3. The van der Waals surface area contributed by atoms with Crippen molar-refractivity contribution in [3.05, 3.63) is 158 Å². The lowest BCUT2D eigenvalue weighted by atomic mass is 9.93. The van der Waals surface area contributed by atoms with Gasteiger partial charge in [0, 0.05) is 15.6 Å². The quantitative estimate of drug-likeness (QED) is 0.126. The van der Waals surface area contributed by atoms with E-state index in [2.05, 4.69) is 44.6 Å². The Labute approximate surface area is 295 Å². The van der Waals surface area contributed by atoms with Crippen LogP contribution < -0.4 is 19.6 Å². The summed E-state index contributed by atoms with van der Waals surface area (Å²) in [4.78, 5) is 33.2. The zero-order chi connectivity index (χ0) is 33.1. The van der Waals surface area contributed by atoms with Gasteiger partial charge in [0.2, 0.25) is 0 Å². The first kappa shape index (κ1) is 32.6. The molecule has 1 aliphatic heterocycles. The van der Waals surface area contributed by atoms with Gasteiger partial charge in [-0.1, -0.05) is 81.9 Å². The van der Waals surface area contributed by atoms with E-state index in [0.29, 0.717) is 43.0 Å². The van der Waals surface area contributed by atoms with Crippen LogP contribution >= 0.6 is 49.9 Å². The molecule has 0 fully saturated rings. The number of hydrogen-bond acceptors (Lipinski definition) is 7. The van der Waals surface area contributed by atoms with Crippen molar-refractivity contribution < 1.29 is 18.7 Å². The first-order valence-electron chi connectivity index (χ1n) is 14.4. The number of fused-ring (bicyclic) bond motifs is 1. The van der Waals surface area contributed by atoms with Gasteiger partial charge >= 0.3 is 5.97 Å². The van der Waals surface area contributed by atoms with E-state index in [9.17, 15) is 14.0 Å². The van der Waals surface area contributed by atoms with E-state index >= 15 is 0 Å². The third-order valence-electron chi connectivity index (χ3n) is 7.35. The number of rotatable bonds is 8. The van der Waals surface area contributed by atoms with Crippen LogP contribution in [0.5, 0.6) is 5.75 Å². The summed E-state index contributed by atoms with van der Waals surface area (Å²) in [5.74, 6) is -0.473. The highest BCUT2D eigenvalue weighted by Crippen LogP contribution is 2.36. The molecule has 1 aromatic heterocycles. The molecule has 0 spiro atoms. The fraction of sp³-hybridized carbons (Fsp3) is 0.111. The van der Waals surface area contributed by atoms with Crippen molar-refractivity contribution in [2.24, 2.45) is 4.99 Å². The molecule has 234 valence electrons. The molecular weight excluding hydrogens is 796 g/mol. The summed E-state index contributed by atoms with van der Waals surface area (Å²) >= 11 is 6.94. The third-order valence-corrected chi connectivity index (χ3v) is 9.59. The van der Waals surface area contributed by atoms with Crippen LogP contribution in [-0.4, -0.2) is 17.1 Å². The Kier molecular flexibility index (Phi) is 9.81. The molecule has 47 heavy (non-hydrogen) atoms. The van der Waals surface area contributed by atoms with E-state index in [4.69, 9.17) is 19.7 Å². The van der Waals surface area contributed by atoms with E-state index in [-0.39, 0.29) is 24.3 Å². The minimum Gasteiger partial charge on any atom is -0.487 e. The topological polar surface area (TPSA) is 93.7 Å². The van der Waals surface area contributed by atoms with Gasteiger partial charge in [0.15, 0.2) is 4.80 Å².